The van der Waals surface area contributed by atoms with E-state index in [0.29, 0.717) is 0 Å². The van der Waals surface area contributed by atoms with Gasteiger partial charge in [-0.3, -0.25) is 0 Å². The van der Waals surface area contributed by atoms with Gasteiger partial charge in [-0.05, 0) is 26.2 Å². The first kappa shape index (κ1) is 9.16. The molecule has 1 fully saturated rings. The maximum atomic E-state index is 4.51. The lowest BCUT2D eigenvalue weighted by atomic mass is 10.4. The van der Waals surface area contributed by atoms with Crippen LogP contribution in [0.15, 0.2) is 0 Å². The van der Waals surface area contributed by atoms with E-state index in [-0.39, 0.29) is 0 Å². The van der Waals surface area contributed by atoms with Gasteiger partial charge in [0.25, 0.3) is 0 Å². The van der Waals surface area contributed by atoms with Gasteiger partial charge in [0.15, 0.2) is 0 Å². The lowest BCUT2D eigenvalue weighted by molar-refractivity contribution is 0.691. The van der Waals surface area contributed by atoms with Gasteiger partial charge in [-0.2, -0.15) is 0 Å². The quantitative estimate of drug-likeness (QED) is 0.799. The molecule has 1 aromatic heterocycles. The van der Waals surface area contributed by atoms with E-state index < -0.39 is 0 Å². The molecule has 3 heteroatoms. The van der Waals surface area contributed by atoms with E-state index in [2.05, 4.69) is 24.1 Å². The summed E-state index contributed by atoms with van der Waals surface area (Å²) < 4.78 is 0. The Kier molecular flexibility index (Phi) is 2.65. The number of nitrogens with one attached hydrogen (secondary N) is 1. The number of hydrogen-bond acceptors (Lipinski definition) is 3. The molecule has 72 valence electrons. The van der Waals surface area contributed by atoms with Crippen LogP contribution in [0.5, 0.6) is 0 Å². The van der Waals surface area contributed by atoms with E-state index in [9.17, 15) is 0 Å². The van der Waals surface area contributed by atoms with E-state index in [4.69, 9.17) is 0 Å². The topological polar surface area (TPSA) is 24.9 Å². The van der Waals surface area contributed by atoms with Crippen molar-refractivity contribution >= 4 is 11.3 Å². The first-order valence-electron chi connectivity index (χ1n) is 4.98. The molecule has 0 aromatic carbocycles. The molecule has 0 aliphatic heterocycles. The highest BCUT2D eigenvalue weighted by molar-refractivity contribution is 7.11. The highest BCUT2D eigenvalue weighted by Gasteiger charge is 2.20. The minimum Gasteiger partial charge on any atom is -0.309 e. The fourth-order valence-electron chi connectivity index (χ4n) is 1.33. The van der Waals surface area contributed by atoms with Crippen LogP contribution in [0, 0.1) is 6.92 Å². The molecule has 1 aliphatic carbocycles. The number of aromatic nitrogens is 1. The van der Waals surface area contributed by atoms with Crippen LogP contribution in [0.2, 0.25) is 0 Å². The Labute approximate surface area is 83.4 Å². The molecule has 1 heterocycles. The van der Waals surface area contributed by atoms with E-state index in [1.807, 2.05) is 11.3 Å². The SMILES string of the molecule is CCc1nc(C)c(CNC2CC2)s1. The molecule has 2 nitrogen and oxygen atoms in total. The molecule has 0 atom stereocenters. The average Bonchev–Trinajstić information content (AvgIpc) is 2.88. The van der Waals surface area contributed by atoms with Crippen LogP contribution in [0.3, 0.4) is 0 Å². The summed E-state index contributed by atoms with van der Waals surface area (Å²) in [4.78, 5) is 5.93. The number of rotatable bonds is 4. The molecule has 1 saturated carbocycles. The van der Waals surface area contributed by atoms with Crippen molar-refractivity contribution in [2.75, 3.05) is 0 Å². The third-order valence-corrected chi connectivity index (χ3v) is 3.67. The van der Waals surface area contributed by atoms with Crippen LogP contribution >= 0.6 is 11.3 Å². The van der Waals surface area contributed by atoms with Crippen molar-refractivity contribution in [3.63, 3.8) is 0 Å². The second-order valence-electron chi connectivity index (χ2n) is 3.62. The maximum Gasteiger partial charge on any atom is 0.0928 e. The standard InChI is InChI=1S/C10H16N2S/c1-3-10-12-7(2)9(13-10)6-11-8-4-5-8/h8,11H,3-6H2,1-2H3. The molecule has 0 amide bonds. The molecular weight excluding hydrogens is 180 g/mol. The van der Waals surface area contributed by atoms with Crippen molar-refractivity contribution in [3.05, 3.63) is 15.6 Å². The van der Waals surface area contributed by atoms with Crippen molar-refractivity contribution in [3.8, 4) is 0 Å². The molecule has 2 rings (SSSR count). The van der Waals surface area contributed by atoms with Gasteiger partial charge in [0.05, 0.1) is 10.7 Å². The van der Waals surface area contributed by atoms with Crippen LogP contribution in [0.25, 0.3) is 0 Å². The number of hydrogen-bond donors (Lipinski definition) is 1. The Morgan fingerprint density at radius 2 is 2.31 bits per heavy atom. The summed E-state index contributed by atoms with van der Waals surface area (Å²) in [5.74, 6) is 0. The van der Waals surface area contributed by atoms with Gasteiger partial charge in [-0.15, -0.1) is 11.3 Å². The van der Waals surface area contributed by atoms with Crippen LogP contribution in [-0.4, -0.2) is 11.0 Å². The number of thiazole rings is 1. The molecular formula is C10H16N2S. The van der Waals surface area contributed by atoms with Crippen LogP contribution in [0.1, 0.15) is 35.3 Å². The van der Waals surface area contributed by atoms with Gasteiger partial charge in [-0.25, -0.2) is 4.98 Å². The predicted molar refractivity (Wildman–Crippen MR) is 56.1 cm³/mol. The third-order valence-electron chi connectivity index (χ3n) is 2.37. The van der Waals surface area contributed by atoms with Crippen molar-refractivity contribution in [1.29, 1.82) is 0 Å². The fourth-order valence-corrected chi connectivity index (χ4v) is 2.29. The van der Waals surface area contributed by atoms with Crippen LogP contribution < -0.4 is 5.32 Å². The fraction of sp³-hybridized carbons (Fsp3) is 0.700. The van der Waals surface area contributed by atoms with E-state index in [0.717, 1.165) is 19.0 Å². The van der Waals surface area contributed by atoms with Crippen LogP contribution in [-0.2, 0) is 13.0 Å². The summed E-state index contributed by atoms with van der Waals surface area (Å²) in [6, 6.07) is 0.798. The summed E-state index contributed by atoms with van der Waals surface area (Å²) >= 11 is 1.86. The van der Waals surface area contributed by atoms with E-state index in [1.54, 1.807) is 0 Å². The van der Waals surface area contributed by atoms with E-state index in [1.165, 1.54) is 28.4 Å². The third kappa shape index (κ3) is 2.29. The zero-order chi connectivity index (χ0) is 9.26. The van der Waals surface area contributed by atoms with Gasteiger partial charge in [0, 0.05) is 17.5 Å². The highest BCUT2D eigenvalue weighted by atomic mass is 32.1. The van der Waals surface area contributed by atoms with Gasteiger partial charge in [0.1, 0.15) is 0 Å². The molecule has 1 aliphatic rings. The summed E-state index contributed by atoms with van der Waals surface area (Å²) in [6.07, 6.45) is 3.78. The van der Waals surface area contributed by atoms with E-state index >= 15 is 0 Å². The molecule has 0 spiro atoms. The molecule has 13 heavy (non-hydrogen) atoms. The molecule has 1 N–H and O–H groups in total. The van der Waals surface area contributed by atoms with Gasteiger partial charge in [0.2, 0.25) is 0 Å². The van der Waals surface area contributed by atoms with Crippen molar-refractivity contribution in [1.82, 2.24) is 10.3 Å². The molecule has 0 unspecified atom stereocenters. The smallest absolute Gasteiger partial charge is 0.0928 e. The highest BCUT2D eigenvalue weighted by Crippen LogP contribution is 2.22. The van der Waals surface area contributed by atoms with Crippen molar-refractivity contribution in [2.45, 2.75) is 45.7 Å². The second-order valence-corrected chi connectivity index (χ2v) is 4.79. The second kappa shape index (κ2) is 3.76. The van der Waals surface area contributed by atoms with Crippen molar-refractivity contribution in [2.24, 2.45) is 0 Å². The first-order chi connectivity index (χ1) is 6.29. The monoisotopic (exact) mass is 196 g/mol. The molecule has 1 aromatic rings. The Hall–Kier alpha value is -0.410. The molecule has 0 radical (unpaired) electrons. The lowest BCUT2D eigenvalue weighted by Crippen LogP contribution is -2.14. The molecule has 0 saturated heterocycles. The normalized spacial score (nSPS) is 16.5. The lowest BCUT2D eigenvalue weighted by Gasteiger charge is -1.99. The first-order valence-corrected chi connectivity index (χ1v) is 5.79. The number of nitrogens with zero attached hydrogens (tertiary/aromatic N) is 1. The van der Waals surface area contributed by atoms with Gasteiger partial charge >= 0.3 is 0 Å². The Morgan fingerprint density at radius 1 is 1.54 bits per heavy atom. The zero-order valence-electron chi connectivity index (χ0n) is 8.26. The van der Waals surface area contributed by atoms with Crippen molar-refractivity contribution < 1.29 is 0 Å². The van der Waals surface area contributed by atoms with Crippen LogP contribution in [0.4, 0.5) is 0 Å². The van der Waals surface area contributed by atoms with Gasteiger partial charge in [-0.1, -0.05) is 6.92 Å². The summed E-state index contributed by atoms with van der Waals surface area (Å²) in [7, 11) is 0. The summed E-state index contributed by atoms with van der Waals surface area (Å²) in [5, 5.41) is 4.79. The molecule has 0 bridgehead atoms. The van der Waals surface area contributed by atoms with Gasteiger partial charge < -0.3 is 5.32 Å². The number of aryl methyl sites for hydroxylation is 2. The maximum absolute atomic E-state index is 4.51. The predicted octanol–water partition coefficient (Wildman–Crippen LogP) is 2.27. The Morgan fingerprint density at radius 3 is 2.85 bits per heavy atom. The zero-order valence-corrected chi connectivity index (χ0v) is 9.08. The minimum absolute atomic E-state index is 0.798. The minimum atomic E-state index is 0.798. The Bertz CT molecular complexity index is 289. The average molecular weight is 196 g/mol. The summed E-state index contributed by atoms with van der Waals surface area (Å²) in [5.41, 5.74) is 1.22. The summed E-state index contributed by atoms with van der Waals surface area (Å²) in [6.45, 7) is 5.30. The largest absolute Gasteiger partial charge is 0.309 e. The Balaban J connectivity index is 1.96.